The van der Waals surface area contributed by atoms with E-state index in [0.717, 1.165) is 18.4 Å². The molecule has 4 rings (SSSR count). The van der Waals surface area contributed by atoms with E-state index in [4.69, 9.17) is 33.1 Å². The van der Waals surface area contributed by atoms with Crippen molar-refractivity contribution >= 4 is 27.9 Å². The summed E-state index contributed by atoms with van der Waals surface area (Å²) in [5.74, 6) is 1.33. The summed E-state index contributed by atoms with van der Waals surface area (Å²) in [6.07, 6.45) is 1.48. The molecule has 0 radical (unpaired) electrons. The van der Waals surface area contributed by atoms with Gasteiger partial charge in [-0.15, -0.1) is 0 Å². The third kappa shape index (κ3) is 6.08. The molecule has 0 spiro atoms. The Balaban J connectivity index is 1.59. The largest absolute Gasteiger partial charge is 0.350 e. The second-order valence-corrected chi connectivity index (χ2v) is 10.7. The molecule has 2 saturated heterocycles. The summed E-state index contributed by atoms with van der Waals surface area (Å²) in [6, 6.07) is 5.99. The zero-order valence-electron chi connectivity index (χ0n) is 18.9. The number of aromatic nitrogens is 3. The maximum absolute atomic E-state index is 11.5. The minimum atomic E-state index is -3.75. The van der Waals surface area contributed by atoms with Crippen LogP contribution in [0.2, 0.25) is 0 Å². The molecule has 4 unspecified atom stereocenters. The summed E-state index contributed by atoms with van der Waals surface area (Å²) in [5.41, 5.74) is 25.6. The Kier molecular flexibility index (Phi) is 7.16. The van der Waals surface area contributed by atoms with Crippen LogP contribution < -0.4 is 43.2 Å². The zero-order valence-corrected chi connectivity index (χ0v) is 19.7. The van der Waals surface area contributed by atoms with Crippen LogP contribution in [0.25, 0.3) is 0 Å². The Hall–Kier alpha value is -2.62. The maximum Gasteiger partial charge on any atom is 0.238 e. The van der Waals surface area contributed by atoms with Gasteiger partial charge in [0.2, 0.25) is 27.9 Å². The van der Waals surface area contributed by atoms with E-state index in [0.29, 0.717) is 50.6 Å². The Bertz CT molecular complexity index is 1030. The number of hydrogen-bond donors (Lipinski definition) is 6. The first-order valence-electron chi connectivity index (χ1n) is 11.2. The molecule has 1 aromatic carbocycles. The number of nitrogens with one attached hydrogen (secondary N) is 1. The van der Waals surface area contributed by atoms with Crippen LogP contribution in [0.5, 0.6) is 0 Å². The molecule has 13 nitrogen and oxygen atoms in total. The van der Waals surface area contributed by atoms with E-state index in [1.807, 2.05) is 9.80 Å². The van der Waals surface area contributed by atoms with Crippen molar-refractivity contribution in [2.45, 2.75) is 48.4 Å². The fourth-order valence-corrected chi connectivity index (χ4v) is 4.89. The molecule has 2 aliphatic heterocycles. The molecule has 0 aliphatic carbocycles. The van der Waals surface area contributed by atoms with Gasteiger partial charge in [0.25, 0.3) is 0 Å². The van der Waals surface area contributed by atoms with Crippen molar-refractivity contribution in [2.24, 2.45) is 28.1 Å². The number of sulfonamides is 1. The van der Waals surface area contributed by atoms with Crippen molar-refractivity contribution < 1.29 is 8.42 Å². The molecule has 3 heterocycles. The maximum atomic E-state index is 11.5. The lowest BCUT2D eigenvalue weighted by atomic mass is 10.0. The molecular formula is C20H33N11O2S. The van der Waals surface area contributed by atoms with Crippen molar-refractivity contribution in [2.75, 3.05) is 41.3 Å². The molecule has 1 aromatic heterocycles. The molecule has 4 atom stereocenters. The highest BCUT2D eigenvalue weighted by atomic mass is 32.2. The highest BCUT2D eigenvalue weighted by molar-refractivity contribution is 7.89. The molecule has 11 N–H and O–H groups in total. The van der Waals surface area contributed by atoms with Crippen LogP contribution in [0.4, 0.5) is 17.8 Å². The fourth-order valence-electron chi connectivity index (χ4n) is 4.38. The summed E-state index contributed by atoms with van der Waals surface area (Å²) in [5, 5.41) is 8.37. The second-order valence-electron chi connectivity index (χ2n) is 9.12. The molecule has 0 saturated carbocycles. The van der Waals surface area contributed by atoms with Crippen molar-refractivity contribution in [3.05, 3.63) is 29.8 Å². The molecule has 14 heteroatoms. The highest BCUT2D eigenvalue weighted by Gasteiger charge is 2.28. The zero-order chi connectivity index (χ0) is 24.5. The van der Waals surface area contributed by atoms with Gasteiger partial charge in [-0.25, -0.2) is 13.6 Å². The Labute approximate surface area is 199 Å². The van der Waals surface area contributed by atoms with Gasteiger partial charge in [0, 0.05) is 56.9 Å². The molecule has 34 heavy (non-hydrogen) atoms. The van der Waals surface area contributed by atoms with Gasteiger partial charge in [0.1, 0.15) is 0 Å². The van der Waals surface area contributed by atoms with E-state index in [1.165, 1.54) is 12.1 Å². The number of nitrogens with two attached hydrogens (primary N) is 5. The van der Waals surface area contributed by atoms with Crippen molar-refractivity contribution in [3.63, 3.8) is 0 Å². The third-order valence-electron chi connectivity index (χ3n) is 5.91. The van der Waals surface area contributed by atoms with Crippen LogP contribution in [0.1, 0.15) is 18.4 Å². The Morgan fingerprint density at radius 1 is 0.794 bits per heavy atom. The van der Waals surface area contributed by atoms with E-state index < -0.39 is 10.0 Å². The van der Waals surface area contributed by atoms with Crippen LogP contribution in [0.15, 0.2) is 29.2 Å². The normalized spacial score (nSPS) is 25.9. The molecular weight excluding hydrogens is 458 g/mol. The quantitative estimate of drug-likeness (QED) is 0.255. The van der Waals surface area contributed by atoms with E-state index >= 15 is 0 Å². The first kappa shape index (κ1) is 24.5. The van der Waals surface area contributed by atoms with Gasteiger partial charge in [-0.05, 0) is 30.5 Å². The highest BCUT2D eigenvalue weighted by Crippen LogP contribution is 2.22. The van der Waals surface area contributed by atoms with Gasteiger partial charge in [0.05, 0.1) is 4.90 Å². The van der Waals surface area contributed by atoms with Gasteiger partial charge < -0.3 is 38.1 Å². The average Bonchev–Trinajstić information content (AvgIpc) is 2.76. The third-order valence-corrected chi connectivity index (χ3v) is 6.84. The number of benzene rings is 1. The summed E-state index contributed by atoms with van der Waals surface area (Å²) in [6.45, 7) is 2.72. The summed E-state index contributed by atoms with van der Waals surface area (Å²) >= 11 is 0. The van der Waals surface area contributed by atoms with Gasteiger partial charge >= 0.3 is 0 Å². The molecule has 2 aliphatic rings. The van der Waals surface area contributed by atoms with E-state index in [9.17, 15) is 8.42 Å². The Morgan fingerprint density at radius 2 is 1.24 bits per heavy atom. The topological polar surface area (TPSA) is 221 Å². The summed E-state index contributed by atoms with van der Waals surface area (Å²) in [7, 11) is -3.75. The van der Waals surface area contributed by atoms with Crippen molar-refractivity contribution in [1.82, 2.24) is 15.0 Å². The average molecular weight is 492 g/mol. The Morgan fingerprint density at radius 3 is 1.65 bits per heavy atom. The minimum Gasteiger partial charge on any atom is -0.350 e. The number of rotatable bonds is 6. The monoisotopic (exact) mass is 491 g/mol. The van der Waals surface area contributed by atoms with Gasteiger partial charge in [-0.2, -0.15) is 15.0 Å². The first-order valence-corrected chi connectivity index (χ1v) is 12.8. The lowest BCUT2D eigenvalue weighted by Crippen LogP contribution is -2.54. The smallest absolute Gasteiger partial charge is 0.238 e. The first-order chi connectivity index (χ1) is 16.1. The number of primary sulfonamides is 1. The summed E-state index contributed by atoms with van der Waals surface area (Å²) < 4.78 is 23.0. The molecule has 0 bridgehead atoms. The predicted octanol–water partition coefficient (Wildman–Crippen LogP) is -2.14. The van der Waals surface area contributed by atoms with Crippen LogP contribution in [0.3, 0.4) is 0 Å². The lowest BCUT2D eigenvalue weighted by molar-refractivity contribution is 0.441. The molecule has 2 aromatic rings. The van der Waals surface area contributed by atoms with E-state index in [2.05, 4.69) is 15.3 Å². The second kappa shape index (κ2) is 9.93. The number of anilines is 3. The van der Waals surface area contributed by atoms with Gasteiger partial charge in [-0.3, -0.25) is 0 Å². The molecule has 186 valence electrons. The fraction of sp³-hybridized carbons (Fsp3) is 0.550. The van der Waals surface area contributed by atoms with Crippen LogP contribution in [-0.4, -0.2) is 73.7 Å². The number of nitrogens with zero attached hydrogens (tertiary/aromatic N) is 5. The van der Waals surface area contributed by atoms with Gasteiger partial charge in [-0.1, -0.05) is 12.1 Å². The van der Waals surface area contributed by atoms with Gasteiger partial charge in [0.15, 0.2) is 0 Å². The number of hydrogen-bond acceptors (Lipinski definition) is 12. The van der Waals surface area contributed by atoms with Crippen LogP contribution in [-0.2, 0) is 16.6 Å². The SMILES string of the molecule is NC1CC(N)CN(c2nc(NCc3ccc(S(N)(=O)=O)cc3)nc(N3CC(N)CC(N)C3)n2)C1. The van der Waals surface area contributed by atoms with Crippen molar-refractivity contribution in [3.8, 4) is 0 Å². The lowest BCUT2D eigenvalue weighted by Gasteiger charge is -2.37. The van der Waals surface area contributed by atoms with E-state index in [1.54, 1.807) is 12.1 Å². The van der Waals surface area contributed by atoms with Crippen LogP contribution in [0, 0.1) is 0 Å². The van der Waals surface area contributed by atoms with Crippen molar-refractivity contribution in [1.29, 1.82) is 0 Å². The summed E-state index contributed by atoms with van der Waals surface area (Å²) in [4.78, 5) is 17.9. The minimum absolute atomic E-state index is 0.0523. The van der Waals surface area contributed by atoms with Crippen LogP contribution >= 0.6 is 0 Å². The van der Waals surface area contributed by atoms with E-state index in [-0.39, 0.29) is 29.1 Å². The number of piperidine rings is 2. The predicted molar refractivity (Wildman–Crippen MR) is 131 cm³/mol. The standard InChI is InChI=1S/C20H33N11O2S/c21-13-5-14(22)9-30(8-13)19-27-18(26-7-12-1-3-17(4-2-12)34(25,32)33)28-20(29-19)31-10-15(23)6-16(24)11-31/h1-4,13-16H,5-11,21-24H2,(H2,25,32,33)(H,26,27,28,29). The molecule has 2 fully saturated rings. The molecule has 0 amide bonds.